The van der Waals surface area contributed by atoms with Crippen LogP contribution in [0.1, 0.15) is 0 Å². The number of carbonyl (C=O) groups is 3. The average molecular weight is 273 g/mol. The summed E-state index contributed by atoms with van der Waals surface area (Å²) in [6.45, 7) is -0.750. The molecule has 6 N–H and O–H groups in total. The second-order valence-corrected chi connectivity index (χ2v) is 2.35. The van der Waals surface area contributed by atoms with Gasteiger partial charge in [0.1, 0.15) is 0 Å². The largest absolute Gasteiger partial charge is 0.554 e. The Morgan fingerprint density at radius 2 is 1.22 bits per heavy atom. The number of hydrogen-bond donors (Lipinski definition) is 3. The van der Waals surface area contributed by atoms with Gasteiger partial charge in [-0.05, 0) is 14.1 Å². The first-order valence-corrected chi connectivity index (χ1v) is 4.51. The fourth-order valence-corrected chi connectivity index (χ4v) is 0. The van der Waals surface area contributed by atoms with Gasteiger partial charge in [-0.2, -0.15) is 0 Å². The van der Waals surface area contributed by atoms with Crippen molar-refractivity contribution < 1.29 is 35.4 Å². The average Bonchev–Trinajstić information content (AvgIpc) is 2.22. The highest BCUT2D eigenvalue weighted by molar-refractivity contribution is 5.45. The van der Waals surface area contributed by atoms with Crippen LogP contribution in [0, 0.1) is 0 Å². The van der Waals surface area contributed by atoms with Gasteiger partial charge in [0.2, 0.25) is 6.41 Å². The molecule has 0 bridgehead atoms. The SMILES string of the molecule is CN(C)C=O.CNC.C[NH2+]C.O.O=CO.O=C[O-]. The molecule has 0 radical (unpaired) electrons. The number of nitrogens with zero attached hydrogens (tertiary/aromatic N) is 1. The number of nitrogens with one attached hydrogen (secondary N) is 1. The zero-order valence-corrected chi connectivity index (χ0v) is 11.8. The summed E-state index contributed by atoms with van der Waals surface area (Å²) in [4.78, 5) is 27.5. The molecule has 0 rings (SSSR count). The molecule has 0 fully saturated rings. The van der Waals surface area contributed by atoms with E-state index in [1.54, 1.807) is 14.1 Å². The van der Waals surface area contributed by atoms with Crippen molar-refractivity contribution in [2.24, 2.45) is 0 Å². The lowest BCUT2D eigenvalue weighted by Gasteiger charge is -1.93. The summed E-state index contributed by atoms with van der Waals surface area (Å²) in [5.41, 5.74) is 0. The van der Waals surface area contributed by atoms with E-state index in [1.165, 1.54) is 4.90 Å². The minimum absolute atomic E-state index is 0. The fourth-order valence-electron chi connectivity index (χ4n) is 0. The van der Waals surface area contributed by atoms with Gasteiger partial charge in [0, 0.05) is 20.6 Å². The number of carbonyl (C=O) groups excluding carboxylic acids is 2. The molecule has 0 aromatic rings. The Kier molecular flexibility index (Phi) is 158. The molecule has 0 aliphatic rings. The first kappa shape index (κ1) is 36.0. The topological polar surface area (TPSA) is 158 Å². The second-order valence-electron chi connectivity index (χ2n) is 2.35. The van der Waals surface area contributed by atoms with E-state index >= 15 is 0 Å². The molecule has 0 saturated carbocycles. The minimum Gasteiger partial charge on any atom is -0.554 e. The summed E-state index contributed by atoms with van der Waals surface area (Å²) in [5.74, 6) is 0. The summed E-state index contributed by atoms with van der Waals surface area (Å²) >= 11 is 0. The van der Waals surface area contributed by atoms with Crippen LogP contribution in [0.2, 0.25) is 0 Å². The Morgan fingerprint density at radius 3 is 1.22 bits per heavy atom. The van der Waals surface area contributed by atoms with Crippen LogP contribution in [0.5, 0.6) is 0 Å². The van der Waals surface area contributed by atoms with E-state index in [-0.39, 0.29) is 11.9 Å². The van der Waals surface area contributed by atoms with Gasteiger partial charge in [-0.3, -0.25) is 9.59 Å². The maximum Gasteiger partial charge on any atom is 0.290 e. The summed E-state index contributed by atoms with van der Waals surface area (Å²) in [5, 5.41) is 19.9. The Hall–Kier alpha value is -1.71. The predicted molar refractivity (Wildman–Crippen MR) is 66.9 cm³/mol. The van der Waals surface area contributed by atoms with E-state index in [0.29, 0.717) is 0 Å². The molecule has 0 aromatic carbocycles. The molecule has 9 nitrogen and oxygen atoms in total. The molecule has 0 atom stereocenters. The van der Waals surface area contributed by atoms with Crippen LogP contribution in [0.4, 0.5) is 0 Å². The molecule has 0 aliphatic heterocycles. The molecule has 0 saturated heterocycles. The van der Waals surface area contributed by atoms with Crippen LogP contribution in [0.25, 0.3) is 0 Å². The zero-order valence-electron chi connectivity index (χ0n) is 11.8. The van der Waals surface area contributed by atoms with Gasteiger partial charge >= 0.3 is 0 Å². The number of amides is 1. The highest BCUT2D eigenvalue weighted by Crippen LogP contribution is 1.52. The highest BCUT2D eigenvalue weighted by atomic mass is 16.3. The van der Waals surface area contributed by atoms with E-state index < -0.39 is 6.47 Å². The lowest BCUT2D eigenvalue weighted by atomic mass is 11.0. The molecule has 0 unspecified atom stereocenters. The predicted octanol–water partition coefficient (Wildman–Crippen LogP) is -4.41. The molecule has 0 heterocycles. The molecule has 114 valence electrons. The van der Waals surface area contributed by atoms with E-state index in [1.807, 2.05) is 33.5 Å². The first-order valence-electron chi connectivity index (χ1n) is 4.51. The van der Waals surface area contributed by atoms with Crippen molar-refractivity contribution >= 4 is 19.4 Å². The van der Waals surface area contributed by atoms with E-state index in [9.17, 15) is 4.79 Å². The number of rotatable bonds is 1. The smallest absolute Gasteiger partial charge is 0.290 e. The Morgan fingerprint density at radius 1 is 1.17 bits per heavy atom. The van der Waals surface area contributed by atoms with Crippen LogP contribution in [0.3, 0.4) is 0 Å². The molecule has 1 amide bonds. The molecule has 18 heavy (non-hydrogen) atoms. The Bertz CT molecular complexity index is 117. The fraction of sp³-hybridized carbons (Fsp3) is 0.667. The number of carboxylic acid groups (broad SMARTS) is 2. The number of quaternary nitrogens is 1. The molecular weight excluding hydrogens is 246 g/mol. The lowest BCUT2D eigenvalue weighted by molar-refractivity contribution is -0.597. The maximum absolute atomic E-state index is 9.43. The maximum atomic E-state index is 9.43. The summed E-state index contributed by atoms with van der Waals surface area (Å²) < 4.78 is 0. The van der Waals surface area contributed by atoms with Crippen LogP contribution >= 0.6 is 0 Å². The third kappa shape index (κ3) is 30000. The zero-order chi connectivity index (χ0) is 15.1. The Balaban J connectivity index is -0.0000000252. The molecule has 9 heteroatoms. The van der Waals surface area contributed by atoms with Crippen molar-refractivity contribution in [1.29, 1.82) is 0 Å². The van der Waals surface area contributed by atoms with E-state index in [4.69, 9.17) is 19.8 Å². The van der Waals surface area contributed by atoms with Gasteiger partial charge in [0.25, 0.3) is 6.47 Å². The third-order valence-electron chi connectivity index (χ3n) is 0.211. The first-order chi connectivity index (χ1) is 7.93. The van der Waals surface area contributed by atoms with Crippen molar-refractivity contribution in [2.45, 2.75) is 0 Å². The van der Waals surface area contributed by atoms with Crippen LogP contribution < -0.4 is 15.7 Å². The van der Waals surface area contributed by atoms with Crippen molar-refractivity contribution in [2.75, 3.05) is 42.3 Å². The lowest BCUT2D eigenvalue weighted by Crippen LogP contribution is -2.74. The summed E-state index contributed by atoms with van der Waals surface area (Å²) in [6.07, 6.45) is 0.750. The van der Waals surface area contributed by atoms with Crippen molar-refractivity contribution in [3.8, 4) is 0 Å². The van der Waals surface area contributed by atoms with Crippen LogP contribution in [0.15, 0.2) is 0 Å². The highest BCUT2D eigenvalue weighted by Gasteiger charge is 1.68. The molecular formula is C9H27N3O6. The van der Waals surface area contributed by atoms with Gasteiger partial charge < -0.3 is 36.0 Å². The number of hydrogen-bond acceptors (Lipinski definition) is 5. The number of nitrogens with two attached hydrogens (primary N) is 1. The molecule has 0 spiro atoms. The van der Waals surface area contributed by atoms with Crippen LogP contribution in [-0.4, -0.2) is 77.1 Å². The van der Waals surface area contributed by atoms with E-state index in [0.717, 1.165) is 6.41 Å². The quantitative estimate of drug-likeness (QED) is 0.409. The standard InChI is InChI=1S/C3H7NO.2C2H7N.2CH2O2.H2O/c1-4(2)3-5;2*1-3-2;2*2-1-3;/h3H,1-2H3;2*3H,1-2H3;2*1H,(H,2,3);1H2. The second kappa shape index (κ2) is 78.9. The van der Waals surface area contributed by atoms with Crippen molar-refractivity contribution in [1.82, 2.24) is 10.2 Å². The van der Waals surface area contributed by atoms with Crippen molar-refractivity contribution in [3.05, 3.63) is 0 Å². The summed E-state index contributed by atoms with van der Waals surface area (Å²) in [7, 11) is 11.1. The van der Waals surface area contributed by atoms with E-state index in [2.05, 4.69) is 5.32 Å². The van der Waals surface area contributed by atoms with Crippen molar-refractivity contribution in [3.63, 3.8) is 0 Å². The normalized spacial score (nSPS) is 5.22. The minimum atomic E-state index is -0.500. The van der Waals surface area contributed by atoms with Gasteiger partial charge in [-0.25, -0.2) is 0 Å². The van der Waals surface area contributed by atoms with Gasteiger partial charge in [-0.1, -0.05) is 0 Å². The third-order valence-corrected chi connectivity index (χ3v) is 0.211. The molecule has 0 aliphatic carbocycles. The van der Waals surface area contributed by atoms with Crippen LogP contribution in [-0.2, 0) is 14.4 Å². The molecule has 0 aromatic heterocycles. The monoisotopic (exact) mass is 273 g/mol. The summed E-state index contributed by atoms with van der Waals surface area (Å²) in [6, 6.07) is 0. The van der Waals surface area contributed by atoms with Gasteiger partial charge in [-0.15, -0.1) is 0 Å². The van der Waals surface area contributed by atoms with Gasteiger partial charge in [0.05, 0.1) is 14.1 Å². The Labute approximate surface area is 108 Å². The van der Waals surface area contributed by atoms with Gasteiger partial charge in [0.15, 0.2) is 0 Å².